The van der Waals surface area contributed by atoms with Gasteiger partial charge >= 0.3 is 0 Å². The molecule has 2 rings (SSSR count). The van der Waals surface area contributed by atoms with Crippen LogP contribution >= 0.6 is 0 Å². The Morgan fingerprint density at radius 1 is 1.25 bits per heavy atom. The summed E-state index contributed by atoms with van der Waals surface area (Å²) >= 11 is 0. The molecule has 1 heterocycles. The smallest absolute Gasteiger partial charge is 0.0664 e. The van der Waals surface area contributed by atoms with Gasteiger partial charge in [0.15, 0.2) is 0 Å². The van der Waals surface area contributed by atoms with Crippen molar-refractivity contribution in [3.63, 3.8) is 0 Å². The highest BCUT2D eigenvalue weighted by Gasteiger charge is 2.30. The quantitative estimate of drug-likeness (QED) is 0.743. The predicted molar refractivity (Wildman–Crippen MR) is 66.5 cm³/mol. The molecule has 0 aromatic carbocycles. The maximum absolute atomic E-state index is 9.72. The van der Waals surface area contributed by atoms with Gasteiger partial charge in [0.1, 0.15) is 0 Å². The highest BCUT2D eigenvalue weighted by atomic mass is 16.3. The third-order valence-electron chi connectivity index (χ3n) is 4.11. The Bertz CT molecular complexity index is 216. The molecule has 0 spiro atoms. The Morgan fingerprint density at radius 3 is 2.62 bits per heavy atom. The summed E-state index contributed by atoms with van der Waals surface area (Å²) in [5.41, 5.74) is 0. The second-order valence-electron chi connectivity index (χ2n) is 5.55. The number of hydrogen-bond donors (Lipinski definition) is 2. The van der Waals surface area contributed by atoms with E-state index in [1.54, 1.807) is 0 Å². The summed E-state index contributed by atoms with van der Waals surface area (Å²) in [6, 6.07) is 1.73. The fourth-order valence-electron chi connectivity index (χ4n) is 2.65. The summed E-state index contributed by atoms with van der Waals surface area (Å²) in [5.74, 6) is 0. The van der Waals surface area contributed by atoms with Crippen LogP contribution in [0.3, 0.4) is 0 Å². The normalized spacial score (nSPS) is 31.3. The van der Waals surface area contributed by atoms with Crippen LogP contribution in [-0.2, 0) is 0 Å². The molecule has 2 aliphatic rings. The summed E-state index contributed by atoms with van der Waals surface area (Å²) < 4.78 is 0. The molecule has 1 saturated heterocycles. The van der Waals surface area contributed by atoms with Gasteiger partial charge in [-0.3, -0.25) is 4.90 Å². The molecule has 0 amide bonds. The first-order valence-corrected chi connectivity index (χ1v) is 6.85. The molecular weight excluding hydrogens is 200 g/mol. The lowest BCUT2D eigenvalue weighted by Crippen LogP contribution is -2.52. The Hall–Kier alpha value is -0.120. The largest absolute Gasteiger partial charge is 0.392 e. The molecule has 0 aromatic rings. The number of aliphatic hydroxyl groups is 1. The fourth-order valence-corrected chi connectivity index (χ4v) is 2.65. The number of hydrogen-bond acceptors (Lipinski definition) is 3. The number of piperidine rings is 1. The van der Waals surface area contributed by atoms with Gasteiger partial charge in [-0.2, -0.15) is 0 Å². The molecule has 1 saturated carbocycles. The molecule has 1 aliphatic heterocycles. The van der Waals surface area contributed by atoms with Crippen LogP contribution in [0.1, 0.15) is 46.0 Å². The topological polar surface area (TPSA) is 35.5 Å². The number of aliphatic hydroxyl groups excluding tert-OH is 1. The van der Waals surface area contributed by atoms with Gasteiger partial charge in [-0.15, -0.1) is 0 Å². The second kappa shape index (κ2) is 5.48. The van der Waals surface area contributed by atoms with E-state index in [9.17, 15) is 5.11 Å². The summed E-state index contributed by atoms with van der Waals surface area (Å²) in [5, 5.41) is 13.3. The van der Waals surface area contributed by atoms with Crippen molar-refractivity contribution in [2.45, 2.75) is 70.2 Å². The SMILES string of the molecule is CC(O)C(C)N1CCCCC1CNC1CC1. The summed E-state index contributed by atoms with van der Waals surface area (Å²) in [7, 11) is 0. The zero-order chi connectivity index (χ0) is 11.5. The lowest BCUT2D eigenvalue weighted by molar-refractivity contribution is 0.0250. The third kappa shape index (κ3) is 3.19. The highest BCUT2D eigenvalue weighted by Crippen LogP contribution is 2.23. The first kappa shape index (κ1) is 12.3. The molecule has 3 atom stereocenters. The van der Waals surface area contributed by atoms with Gasteiger partial charge in [-0.25, -0.2) is 0 Å². The van der Waals surface area contributed by atoms with Gasteiger partial charge in [0, 0.05) is 24.7 Å². The van der Waals surface area contributed by atoms with Crippen molar-refractivity contribution < 1.29 is 5.11 Å². The first-order chi connectivity index (χ1) is 7.68. The summed E-state index contributed by atoms with van der Waals surface area (Å²) in [4.78, 5) is 2.50. The van der Waals surface area contributed by atoms with E-state index in [-0.39, 0.29) is 6.10 Å². The lowest BCUT2D eigenvalue weighted by atomic mass is 9.98. The molecule has 0 aromatic heterocycles. The van der Waals surface area contributed by atoms with Crippen molar-refractivity contribution in [1.82, 2.24) is 10.2 Å². The van der Waals surface area contributed by atoms with Crippen LogP contribution in [0.15, 0.2) is 0 Å². The molecule has 16 heavy (non-hydrogen) atoms. The average Bonchev–Trinajstić information content (AvgIpc) is 3.09. The van der Waals surface area contributed by atoms with Gasteiger partial charge in [0.2, 0.25) is 0 Å². The molecule has 94 valence electrons. The average molecular weight is 226 g/mol. The summed E-state index contributed by atoms with van der Waals surface area (Å²) in [6.45, 7) is 6.33. The van der Waals surface area contributed by atoms with Gasteiger partial charge in [0.25, 0.3) is 0 Å². The summed E-state index contributed by atoms with van der Waals surface area (Å²) in [6.07, 6.45) is 6.42. The zero-order valence-electron chi connectivity index (χ0n) is 10.7. The molecule has 2 N–H and O–H groups in total. The highest BCUT2D eigenvalue weighted by molar-refractivity contribution is 4.88. The predicted octanol–water partition coefficient (Wildman–Crippen LogP) is 1.36. The van der Waals surface area contributed by atoms with E-state index < -0.39 is 0 Å². The Labute approximate surface area is 99.2 Å². The van der Waals surface area contributed by atoms with Crippen molar-refractivity contribution in [3.8, 4) is 0 Å². The van der Waals surface area contributed by atoms with E-state index in [0.29, 0.717) is 12.1 Å². The number of nitrogens with zero attached hydrogens (tertiary/aromatic N) is 1. The van der Waals surface area contributed by atoms with Crippen molar-refractivity contribution >= 4 is 0 Å². The van der Waals surface area contributed by atoms with Crippen molar-refractivity contribution in [3.05, 3.63) is 0 Å². The van der Waals surface area contributed by atoms with Crippen LogP contribution in [0.4, 0.5) is 0 Å². The maximum Gasteiger partial charge on any atom is 0.0664 e. The van der Waals surface area contributed by atoms with E-state index in [4.69, 9.17) is 0 Å². The molecule has 3 heteroatoms. The molecule has 1 aliphatic carbocycles. The Kier molecular flexibility index (Phi) is 4.22. The third-order valence-corrected chi connectivity index (χ3v) is 4.11. The molecule has 3 nitrogen and oxygen atoms in total. The Balaban J connectivity index is 1.84. The molecule has 2 fully saturated rings. The minimum atomic E-state index is -0.221. The van der Waals surface area contributed by atoms with Gasteiger partial charge < -0.3 is 10.4 Å². The van der Waals surface area contributed by atoms with Crippen LogP contribution in [-0.4, -0.2) is 47.3 Å². The monoisotopic (exact) mass is 226 g/mol. The van der Waals surface area contributed by atoms with Crippen molar-refractivity contribution in [2.24, 2.45) is 0 Å². The van der Waals surface area contributed by atoms with E-state index >= 15 is 0 Å². The fraction of sp³-hybridized carbons (Fsp3) is 1.00. The van der Waals surface area contributed by atoms with Crippen LogP contribution < -0.4 is 5.32 Å². The maximum atomic E-state index is 9.72. The molecule has 0 bridgehead atoms. The first-order valence-electron chi connectivity index (χ1n) is 6.85. The van der Waals surface area contributed by atoms with Crippen LogP contribution in [0.2, 0.25) is 0 Å². The van der Waals surface area contributed by atoms with Crippen molar-refractivity contribution in [1.29, 1.82) is 0 Å². The number of nitrogens with one attached hydrogen (secondary N) is 1. The Morgan fingerprint density at radius 2 is 2.00 bits per heavy atom. The van der Waals surface area contributed by atoms with Crippen LogP contribution in [0.25, 0.3) is 0 Å². The zero-order valence-corrected chi connectivity index (χ0v) is 10.7. The van der Waals surface area contributed by atoms with Crippen LogP contribution in [0.5, 0.6) is 0 Å². The van der Waals surface area contributed by atoms with Crippen LogP contribution in [0, 0.1) is 0 Å². The van der Waals surface area contributed by atoms with E-state index in [2.05, 4.69) is 17.1 Å². The standard InChI is InChI=1S/C13H26N2O/c1-10(11(2)16)15-8-4-3-5-13(15)9-14-12-6-7-12/h10-14,16H,3-9H2,1-2H3. The minimum Gasteiger partial charge on any atom is -0.392 e. The van der Waals surface area contributed by atoms with Gasteiger partial charge in [0.05, 0.1) is 6.10 Å². The molecule has 0 radical (unpaired) electrons. The number of rotatable bonds is 5. The molecular formula is C13H26N2O. The minimum absolute atomic E-state index is 0.221. The molecule has 3 unspecified atom stereocenters. The lowest BCUT2D eigenvalue weighted by Gasteiger charge is -2.41. The van der Waals surface area contributed by atoms with Crippen molar-refractivity contribution in [2.75, 3.05) is 13.1 Å². The number of likely N-dealkylation sites (tertiary alicyclic amines) is 1. The second-order valence-corrected chi connectivity index (χ2v) is 5.55. The van der Waals surface area contributed by atoms with E-state index in [0.717, 1.165) is 19.1 Å². The van der Waals surface area contributed by atoms with Gasteiger partial charge in [-0.1, -0.05) is 6.42 Å². The van der Waals surface area contributed by atoms with E-state index in [1.165, 1.54) is 32.1 Å². The van der Waals surface area contributed by atoms with Gasteiger partial charge in [-0.05, 0) is 46.1 Å². The van der Waals surface area contributed by atoms with E-state index in [1.807, 2.05) is 6.92 Å².